The fourth-order valence-electron chi connectivity index (χ4n) is 2.93. The number of hydrogen-bond donors (Lipinski definition) is 1. The van der Waals surface area contributed by atoms with Crippen molar-refractivity contribution in [2.75, 3.05) is 13.2 Å². The Morgan fingerprint density at radius 2 is 2.11 bits per heavy atom. The average Bonchev–Trinajstić information content (AvgIpc) is 3.17. The van der Waals surface area contributed by atoms with Crippen LogP contribution in [0.2, 0.25) is 5.02 Å². The lowest BCUT2D eigenvalue weighted by Crippen LogP contribution is -2.34. The Bertz CT molecular complexity index is 919. The molecule has 27 heavy (non-hydrogen) atoms. The molecule has 2 aliphatic heterocycles. The van der Waals surface area contributed by atoms with Gasteiger partial charge in [0.25, 0.3) is 5.91 Å². The van der Waals surface area contributed by atoms with Gasteiger partial charge in [-0.25, -0.2) is 4.39 Å². The number of carbonyl (C=O) groups is 1. The summed E-state index contributed by atoms with van der Waals surface area (Å²) >= 11 is 6.20. The number of halogens is 2. The normalized spacial score (nSPS) is 17.9. The van der Waals surface area contributed by atoms with Crippen molar-refractivity contribution >= 4 is 23.2 Å². The van der Waals surface area contributed by atoms with E-state index in [-0.39, 0.29) is 24.7 Å². The van der Waals surface area contributed by atoms with Crippen molar-refractivity contribution in [2.24, 2.45) is 5.16 Å². The van der Waals surface area contributed by atoms with E-state index in [0.717, 1.165) is 5.56 Å². The van der Waals surface area contributed by atoms with Crippen LogP contribution in [0.4, 0.5) is 4.39 Å². The SMILES string of the molecule is O=C(NCc1cc(Cl)c2c(c1)OCCO2)C1CC(c2cccc(F)c2)=NO1. The molecule has 0 aromatic heterocycles. The lowest BCUT2D eigenvalue weighted by molar-refractivity contribution is -0.131. The molecule has 8 heteroatoms. The number of hydrogen-bond acceptors (Lipinski definition) is 5. The van der Waals surface area contributed by atoms with Crippen molar-refractivity contribution in [2.45, 2.75) is 19.1 Å². The van der Waals surface area contributed by atoms with E-state index in [4.69, 9.17) is 25.9 Å². The zero-order valence-corrected chi connectivity index (χ0v) is 15.0. The number of nitrogens with zero attached hydrogens (tertiary/aromatic N) is 1. The number of rotatable bonds is 4. The fourth-order valence-corrected chi connectivity index (χ4v) is 3.21. The average molecular weight is 391 g/mol. The number of nitrogens with one attached hydrogen (secondary N) is 1. The molecule has 0 saturated carbocycles. The van der Waals surface area contributed by atoms with Crippen LogP contribution >= 0.6 is 11.6 Å². The molecule has 2 heterocycles. The summed E-state index contributed by atoms with van der Waals surface area (Å²) in [7, 11) is 0. The highest BCUT2D eigenvalue weighted by Crippen LogP contribution is 2.38. The summed E-state index contributed by atoms with van der Waals surface area (Å²) in [5.74, 6) is 0.409. The van der Waals surface area contributed by atoms with Crippen molar-refractivity contribution in [1.29, 1.82) is 0 Å². The zero-order valence-electron chi connectivity index (χ0n) is 14.2. The van der Waals surface area contributed by atoms with E-state index in [2.05, 4.69) is 10.5 Å². The molecule has 0 saturated heterocycles. The second-order valence-corrected chi connectivity index (χ2v) is 6.57. The molecule has 0 fully saturated rings. The molecule has 1 unspecified atom stereocenters. The molecule has 1 amide bonds. The molecule has 0 aliphatic carbocycles. The standard InChI is InChI=1S/C19H16ClFN2O4/c20-14-6-11(7-16-18(14)26-5-4-25-16)10-22-19(24)17-9-15(23-27-17)12-2-1-3-13(21)8-12/h1-3,6-8,17H,4-5,9-10H2,(H,22,24). The van der Waals surface area contributed by atoms with Crippen LogP contribution in [0, 0.1) is 5.82 Å². The summed E-state index contributed by atoms with van der Waals surface area (Å²) in [6.07, 6.45) is -0.479. The molecule has 6 nitrogen and oxygen atoms in total. The van der Waals surface area contributed by atoms with Gasteiger partial charge >= 0.3 is 0 Å². The van der Waals surface area contributed by atoms with E-state index in [0.29, 0.717) is 41.0 Å². The van der Waals surface area contributed by atoms with Crippen LogP contribution in [0.15, 0.2) is 41.6 Å². The summed E-state index contributed by atoms with van der Waals surface area (Å²) in [4.78, 5) is 17.6. The Morgan fingerprint density at radius 3 is 2.96 bits per heavy atom. The summed E-state index contributed by atoms with van der Waals surface area (Å²) in [6.45, 7) is 1.16. The number of ether oxygens (including phenoxy) is 2. The second kappa shape index (κ2) is 7.44. The third-order valence-corrected chi connectivity index (χ3v) is 4.52. The first-order valence-electron chi connectivity index (χ1n) is 8.44. The van der Waals surface area contributed by atoms with Crippen LogP contribution in [0.3, 0.4) is 0 Å². The van der Waals surface area contributed by atoms with Crippen LogP contribution in [-0.4, -0.2) is 30.9 Å². The van der Waals surface area contributed by atoms with E-state index in [1.54, 1.807) is 24.3 Å². The van der Waals surface area contributed by atoms with Gasteiger partial charge in [0.1, 0.15) is 19.0 Å². The zero-order chi connectivity index (χ0) is 18.8. The molecular formula is C19H16ClFN2O4. The monoisotopic (exact) mass is 390 g/mol. The van der Waals surface area contributed by atoms with Gasteiger partial charge in [0.05, 0.1) is 10.7 Å². The Kier molecular flexibility index (Phi) is 4.85. The van der Waals surface area contributed by atoms with E-state index in [1.807, 2.05) is 0 Å². The van der Waals surface area contributed by atoms with Crippen LogP contribution < -0.4 is 14.8 Å². The van der Waals surface area contributed by atoms with Crippen LogP contribution in [-0.2, 0) is 16.2 Å². The van der Waals surface area contributed by atoms with E-state index in [9.17, 15) is 9.18 Å². The Labute approximate surface area is 159 Å². The number of benzene rings is 2. The highest BCUT2D eigenvalue weighted by molar-refractivity contribution is 6.32. The fraction of sp³-hybridized carbons (Fsp3) is 0.263. The number of carbonyl (C=O) groups excluding carboxylic acids is 1. The Hall–Kier alpha value is -2.80. The van der Waals surface area contributed by atoms with Gasteiger partial charge in [0.15, 0.2) is 11.5 Å². The molecule has 2 aliphatic rings. The minimum Gasteiger partial charge on any atom is -0.486 e. The van der Waals surface area contributed by atoms with Crippen LogP contribution in [0.5, 0.6) is 11.5 Å². The Balaban J connectivity index is 1.36. The summed E-state index contributed by atoms with van der Waals surface area (Å²) in [5, 5.41) is 7.14. The smallest absolute Gasteiger partial charge is 0.264 e. The lowest BCUT2D eigenvalue weighted by Gasteiger charge is -2.20. The van der Waals surface area contributed by atoms with Crippen molar-refractivity contribution in [3.05, 3.63) is 58.4 Å². The van der Waals surface area contributed by atoms with Crippen molar-refractivity contribution in [3.63, 3.8) is 0 Å². The number of fused-ring (bicyclic) bond motifs is 1. The molecular weight excluding hydrogens is 375 g/mol. The molecule has 0 spiro atoms. The number of oxime groups is 1. The van der Waals surface area contributed by atoms with Gasteiger partial charge in [0.2, 0.25) is 6.10 Å². The van der Waals surface area contributed by atoms with Gasteiger partial charge in [-0.15, -0.1) is 0 Å². The van der Waals surface area contributed by atoms with Gasteiger partial charge in [-0.1, -0.05) is 28.9 Å². The third-order valence-electron chi connectivity index (χ3n) is 4.24. The van der Waals surface area contributed by atoms with Crippen molar-refractivity contribution in [1.82, 2.24) is 5.32 Å². The molecule has 0 radical (unpaired) electrons. The largest absolute Gasteiger partial charge is 0.486 e. The summed E-state index contributed by atoms with van der Waals surface area (Å²) in [6, 6.07) is 9.53. The maximum absolute atomic E-state index is 13.3. The lowest BCUT2D eigenvalue weighted by atomic mass is 10.0. The highest BCUT2D eigenvalue weighted by Gasteiger charge is 2.29. The van der Waals surface area contributed by atoms with E-state index in [1.165, 1.54) is 12.1 Å². The molecule has 0 bridgehead atoms. The second-order valence-electron chi connectivity index (χ2n) is 6.17. The maximum atomic E-state index is 13.3. The van der Waals surface area contributed by atoms with Crippen LogP contribution in [0.25, 0.3) is 0 Å². The highest BCUT2D eigenvalue weighted by atomic mass is 35.5. The van der Waals surface area contributed by atoms with Crippen LogP contribution in [0.1, 0.15) is 17.5 Å². The Morgan fingerprint density at radius 1 is 1.26 bits per heavy atom. The van der Waals surface area contributed by atoms with Crippen molar-refractivity contribution in [3.8, 4) is 11.5 Å². The first-order chi connectivity index (χ1) is 13.1. The minimum absolute atomic E-state index is 0.254. The van der Waals surface area contributed by atoms with Gasteiger partial charge < -0.3 is 19.6 Å². The minimum atomic E-state index is -0.754. The van der Waals surface area contributed by atoms with E-state index < -0.39 is 6.10 Å². The van der Waals surface area contributed by atoms with Gasteiger partial charge in [0, 0.05) is 18.5 Å². The summed E-state index contributed by atoms with van der Waals surface area (Å²) < 4.78 is 24.3. The quantitative estimate of drug-likeness (QED) is 0.871. The molecule has 2 aromatic carbocycles. The van der Waals surface area contributed by atoms with Gasteiger partial charge in [-0.2, -0.15) is 0 Å². The topological polar surface area (TPSA) is 69.2 Å². The molecule has 140 valence electrons. The molecule has 4 rings (SSSR count). The predicted molar refractivity (Wildman–Crippen MR) is 96.7 cm³/mol. The third kappa shape index (κ3) is 3.83. The first-order valence-corrected chi connectivity index (χ1v) is 8.82. The first kappa shape index (κ1) is 17.6. The molecule has 2 aromatic rings. The summed E-state index contributed by atoms with van der Waals surface area (Å²) in [5.41, 5.74) is 1.92. The molecule has 1 N–H and O–H groups in total. The number of amides is 1. The van der Waals surface area contributed by atoms with Gasteiger partial charge in [-0.3, -0.25) is 4.79 Å². The van der Waals surface area contributed by atoms with Crippen molar-refractivity contribution < 1.29 is 23.5 Å². The van der Waals surface area contributed by atoms with E-state index >= 15 is 0 Å². The predicted octanol–water partition coefficient (Wildman–Crippen LogP) is 3.06. The maximum Gasteiger partial charge on any atom is 0.264 e. The van der Waals surface area contributed by atoms with Gasteiger partial charge in [-0.05, 0) is 29.8 Å². The molecule has 1 atom stereocenters.